The lowest BCUT2D eigenvalue weighted by molar-refractivity contribution is -0.0530. The molecule has 1 saturated carbocycles. The maximum Gasteiger partial charge on any atom is 0.0750 e. The lowest BCUT2D eigenvalue weighted by Gasteiger charge is -2.39. The molecular formula is C20H38O4. The first-order chi connectivity index (χ1) is 11.2. The van der Waals surface area contributed by atoms with E-state index in [-0.39, 0.29) is 54.0 Å². The highest BCUT2D eigenvalue weighted by atomic mass is 16.3. The Morgan fingerprint density at radius 2 is 1.21 bits per heavy atom. The van der Waals surface area contributed by atoms with Crippen LogP contribution in [0.15, 0.2) is 24.8 Å². The molecule has 0 aromatic carbocycles. The van der Waals surface area contributed by atoms with Crippen molar-refractivity contribution in [3.8, 4) is 0 Å². The maximum atomic E-state index is 9.74. The first kappa shape index (κ1) is 23.3. The minimum atomic E-state index is -0.376. The van der Waals surface area contributed by atoms with Crippen molar-refractivity contribution in [3.63, 3.8) is 0 Å². The standard InChI is InChI=1S/C10H18O2.C8H14O2.C2H6/c1-4-8-5-9(11)6(2)7(3)10(8)12;1-5-6(2)8(10)4-3-7(5)9;1-2/h4,6-12H,1,5H2,2-3H3;3-10H,1-2H3;1-2H3. The Bertz CT molecular complexity index is 366. The fraction of sp³-hybridized carbons (Fsp3) is 0.800. The van der Waals surface area contributed by atoms with Gasteiger partial charge in [-0.25, -0.2) is 0 Å². The second-order valence-corrected chi connectivity index (χ2v) is 7.00. The van der Waals surface area contributed by atoms with Gasteiger partial charge in [-0.05, 0) is 30.1 Å². The van der Waals surface area contributed by atoms with Gasteiger partial charge in [0.25, 0.3) is 0 Å². The Kier molecular flexibility index (Phi) is 10.7. The molecule has 0 heterocycles. The Morgan fingerprint density at radius 1 is 0.792 bits per heavy atom. The Labute approximate surface area is 147 Å². The van der Waals surface area contributed by atoms with Gasteiger partial charge in [0.2, 0.25) is 0 Å². The van der Waals surface area contributed by atoms with E-state index in [2.05, 4.69) is 6.58 Å². The van der Waals surface area contributed by atoms with Crippen LogP contribution in [-0.4, -0.2) is 44.8 Å². The predicted molar refractivity (Wildman–Crippen MR) is 99.5 cm³/mol. The Morgan fingerprint density at radius 3 is 1.58 bits per heavy atom. The average molecular weight is 343 g/mol. The van der Waals surface area contributed by atoms with Gasteiger partial charge in [-0.3, -0.25) is 0 Å². The zero-order valence-corrected chi connectivity index (χ0v) is 16.1. The van der Waals surface area contributed by atoms with Gasteiger partial charge in [0, 0.05) is 5.92 Å². The molecule has 4 N–H and O–H groups in total. The molecule has 0 aromatic rings. The molecular weight excluding hydrogens is 304 g/mol. The lowest BCUT2D eigenvalue weighted by Crippen LogP contribution is -2.43. The molecule has 2 aliphatic rings. The molecule has 2 rings (SSSR count). The fourth-order valence-electron chi connectivity index (χ4n) is 3.12. The average Bonchev–Trinajstić information content (AvgIpc) is 2.60. The van der Waals surface area contributed by atoms with Crippen LogP contribution in [0.2, 0.25) is 0 Å². The van der Waals surface area contributed by atoms with Crippen LogP contribution in [0.25, 0.3) is 0 Å². The van der Waals surface area contributed by atoms with E-state index in [4.69, 9.17) is 0 Å². The van der Waals surface area contributed by atoms with Crippen molar-refractivity contribution in [2.45, 2.75) is 72.4 Å². The lowest BCUT2D eigenvalue weighted by atomic mass is 9.72. The zero-order valence-electron chi connectivity index (χ0n) is 16.1. The van der Waals surface area contributed by atoms with E-state index < -0.39 is 0 Å². The van der Waals surface area contributed by atoms with Gasteiger partial charge in [-0.1, -0.05) is 59.8 Å². The number of aliphatic hydroxyl groups excluding tert-OH is 4. The van der Waals surface area contributed by atoms with E-state index >= 15 is 0 Å². The topological polar surface area (TPSA) is 80.9 Å². The molecule has 0 amide bonds. The van der Waals surface area contributed by atoms with E-state index in [1.54, 1.807) is 18.2 Å². The van der Waals surface area contributed by atoms with Crippen LogP contribution in [0, 0.1) is 29.6 Å². The van der Waals surface area contributed by atoms with E-state index in [9.17, 15) is 20.4 Å². The van der Waals surface area contributed by atoms with Crippen molar-refractivity contribution in [1.29, 1.82) is 0 Å². The zero-order chi connectivity index (χ0) is 19.0. The minimum absolute atomic E-state index is 0.0613. The second kappa shape index (κ2) is 11.0. The fourth-order valence-corrected chi connectivity index (χ4v) is 3.12. The summed E-state index contributed by atoms with van der Waals surface area (Å²) < 4.78 is 0. The van der Waals surface area contributed by atoms with Gasteiger partial charge in [0.15, 0.2) is 0 Å². The quantitative estimate of drug-likeness (QED) is 0.552. The third-order valence-electron chi connectivity index (χ3n) is 5.64. The van der Waals surface area contributed by atoms with Crippen LogP contribution in [-0.2, 0) is 0 Å². The highest BCUT2D eigenvalue weighted by Crippen LogP contribution is 2.34. The van der Waals surface area contributed by atoms with Crippen LogP contribution in [0.5, 0.6) is 0 Å². The van der Waals surface area contributed by atoms with Crippen LogP contribution >= 0.6 is 0 Å². The van der Waals surface area contributed by atoms with E-state index in [0.29, 0.717) is 6.42 Å². The van der Waals surface area contributed by atoms with Gasteiger partial charge in [0.05, 0.1) is 24.4 Å². The normalized spacial score (nSPS) is 44.5. The molecule has 4 nitrogen and oxygen atoms in total. The monoisotopic (exact) mass is 342 g/mol. The van der Waals surface area contributed by atoms with Crippen molar-refractivity contribution in [2.75, 3.05) is 0 Å². The minimum Gasteiger partial charge on any atom is -0.393 e. The summed E-state index contributed by atoms with van der Waals surface area (Å²) in [5.74, 6) is 0.749. The van der Waals surface area contributed by atoms with Gasteiger partial charge < -0.3 is 20.4 Å². The molecule has 4 heteroatoms. The summed E-state index contributed by atoms with van der Waals surface area (Å²) in [6, 6.07) is 0. The number of hydrogen-bond donors (Lipinski definition) is 4. The molecule has 0 bridgehead atoms. The first-order valence-corrected chi connectivity index (χ1v) is 9.23. The number of aliphatic hydroxyl groups is 4. The summed E-state index contributed by atoms with van der Waals surface area (Å²) in [7, 11) is 0. The molecule has 24 heavy (non-hydrogen) atoms. The highest BCUT2D eigenvalue weighted by Gasteiger charge is 2.37. The van der Waals surface area contributed by atoms with Crippen LogP contribution in [0.1, 0.15) is 48.0 Å². The Balaban J connectivity index is 0.000000405. The van der Waals surface area contributed by atoms with Crippen molar-refractivity contribution in [2.24, 2.45) is 29.6 Å². The molecule has 0 saturated heterocycles. The Hall–Kier alpha value is -0.680. The van der Waals surface area contributed by atoms with Crippen molar-refractivity contribution < 1.29 is 20.4 Å². The van der Waals surface area contributed by atoms with Crippen LogP contribution in [0.4, 0.5) is 0 Å². The summed E-state index contributed by atoms with van der Waals surface area (Å²) >= 11 is 0. The molecule has 9 unspecified atom stereocenters. The molecule has 0 aromatic heterocycles. The summed E-state index contributed by atoms with van der Waals surface area (Å²) in [5, 5.41) is 37.9. The molecule has 0 radical (unpaired) electrons. The van der Waals surface area contributed by atoms with Crippen molar-refractivity contribution in [3.05, 3.63) is 24.8 Å². The van der Waals surface area contributed by atoms with E-state index in [1.807, 2.05) is 41.5 Å². The van der Waals surface area contributed by atoms with Gasteiger partial charge in [-0.15, -0.1) is 6.58 Å². The largest absolute Gasteiger partial charge is 0.393 e. The molecule has 0 spiro atoms. The third kappa shape index (κ3) is 5.99. The SMILES string of the molecule is C=CC1CC(O)C(C)C(C)C1O.CC.CC1C(O)C=CC(O)C1C. The van der Waals surface area contributed by atoms with Gasteiger partial charge in [-0.2, -0.15) is 0 Å². The molecule has 1 fully saturated rings. The number of rotatable bonds is 1. The number of hydrogen-bond acceptors (Lipinski definition) is 4. The second-order valence-electron chi connectivity index (χ2n) is 7.00. The van der Waals surface area contributed by atoms with Crippen molar-refractivity contribution in [1.82, 2.24) is 0 Å². The summed E-state index contributed by atoms with van der Waals surface area (Å²) in [6.45, 7) is 15.5. The van der Waals surface area contributed by atoms with Gasteiger partial charge >= 0.3 is 0 Å². The van der Waals surface area contributed by atoms with Gasteiger partial charge in [0.1, 0.15) is 0 Å². The summed E-state index contributed by atoms with van der Waals surface area (Å²) in [4.78, 5) is 0. The maximum absolute atomic E-state index is 9.74. The van der Waals surface area contributed by atoms with Crippen LogP contribution < -0.4 is 0 Å². The smallest absolute Gasteiger partial charge is 0.0750 e. The predicted octanol–water partition coefficient (Wildman–Crippen LogP) is 2.76. The molecule has 9 atom stereocenters. The highest BCUT2D eigenvalue weighted by molar-refractivity contribution is 5.04. The summed E-state index contributed by atoms with van der Waals surface area (Å²) in [5.41, 5.74) is 0. The first-order valence-electron chi connectivity index (χ1n) is 9.23. The van der Waals surface area contributed by atoms with Crippen LogP contribution in [0.3, 0.4) is 0 Å². The van der Waals surface area contributed by atoms with Crippen molar-refractivity contribution >= 4 is 0 Å². The molecule has 0 aliphatic heterocycles. The van der Waals surface area contributed by atoms with E-state index in [1.165, 1.54) is 0 Å². The molecule has 142 valence electrons. The van der Waals surface area contributed by atoms with E-state index in [0.717, 1.165) is 0 Å². The molecule has 2 aliphatic carbocycles. The third-order valence-corrected chi connectivity index (χ3v) is 5.64. The summed E-state index contributed by atoms with van der Waals surface area (Å²) in [6.07, 6.45) is 4.35.